The maximum Gasteiger partial charge on any atom is 0.254 e. The summed E-state index contributed by atoms with van der Waals surface area (Å²) in [6, 6.07) is 2.52. The van der Waals surface area contributed by atoms with Crippen LogP contribution in [0.5, 0.6) is 5.75 Å². The predicted octanol–water partition coefficient (Wildman–Crippen LogP) is 2.91. The Morgan fingerprint density at radius 2 is 1.89 bits per heavy atom. The molecule has 0 aromatic heterocycles. The fourth-order valence-electron chi connectivity index (χ4n) is 1.33. The summed E-state index contributed by atoms with van der Waals surface area (Å²) < 4.78 is 28.6. The first kappa shape index (κ1) is 15.3. The molecule has 0 fully saturated rings. The second-order valence-corrected chi connectivity index (χ2v) is 6.67. The monoisotopic (exact) mass is 310 g/mol. The number of hydrogen-bond donors (Lipinski definition) is 0. The van der Waals surface area contributed by atoms with Crippen LogP contribution in [0.25, 0.3) is 0 Å². The van der Waals surface area contributed by atoms with E-state index in [4.69, 9.17) is 27.9 Å². The highest BCUT2D eigenvalue weighted by molar-refractivity contribution is 7.90. The molecule has 0 amide bonds. The van der Waals surface area contributed by atoms with Crippen molar-refractivity contribution in [1.82, 2.24) is 0 Å². The Bertz CT molecular complexity index is 579. The van der Waals surface area contributed by atoms with Gasteiger partial charge in [-0.05, 0) is 37.6 Å². The first-order valence-corrected chi connectivity index (χ1v) is 7.68. The van der Waals surface area contributed by atoms with Crippen molar-refractivity contribution in [2.45, 2.75) is 24.8 Å². The molecule has 0 spiro atoms. The summed E-state index contributed by atoms with van der Waals surface area (Å²) in [5, 5.41) is -0.861. The summed E-state index contributed by atoms with van der Waals surface area (Å²) in [5.74, 6) is -0.0410. The molecule has 0 saturated heterocycles. The Labute approximate surface area is 116 Å². The molecule has 1 aromatic rings. The van der Waals surface area contributed by atoms with E-state index in [1.165, 1.54) is 12.1 Å². The van der Waals surface area contributed by atoms with E-state index in [-0.39, 0.29) is 27.3 Å². The molecule has 0 aliphatic carbocycles. The Kier molecular flexibility index (Phi) is 4.64. The SMILES string of the molecule is CC(C)Oc1c(S(C)(=O)=O)ccc(C(=O)Cl)c1Cl. The standard InChI is InChI=1S/C11H12Cl2O4S/c1-6(2)17-10-8(18(3,15)16)5-4-7(9(10)12)11(13)14/h4-6H,1-3H3. The highest BCUT2D eigenvalue weighted by atomic mass is 35.5. The predicted molar refractivity (Wildman–Crippen MR) is 70.5 cm³/mol. The number of sulfone groups is 1. The highest BCUT2D eigenvalue weighted by Crippen LogP contribution is 2.36. The molecule has 0 heterocycles. The number of ether oxygens (including phenoxy) is 1. The van der Waals surface area contributed by atoms with Crippen molar-refractivity contribution >= 4 is 38.3 Å². The van der Waals surface area contributed by atoms with Gasteiger partial charge in [-0.1, -0.05) is 11.6 Å². The average molecular weight is 311 g/mol. The van der Waals surface area contributed by atoms with Gasteiger partial charge in [0, 0.05) is 6.26 Å². The lowest BCUT2D eigenvalue weighted by molar-refractivity contribution is 0.108. The average Bonchev–Trinajstić information content (AvgIpc) is 2.17. The molecule has 100 valence electrons. The lowest BCUT2D eigenvalue weighted by atomic mass is 10.2. The number of rotatable bonds is 4. The number of carbonyl (C=O) groups excluding carboxylic acids is 1. The van der Waals surface area contributed by atoms with Gasteiger partial charge < -0.3 is 4.74 Å². The third-order valence-corrected chi connectivity index (χ3v) is 3.73. The Hall–Kier alpha value is -0.780. The van der Waals surface area contributed by atoms with Gasteiger partial charge in [0.25, 0.3) is 5.24 Å². The minimum atomic E-state index is -3.51. The lowest BCUT2D eigenvalue weighted by Gasteiger charge is -2.16. The minimum absolute atomic E-state index is 0.0152. The first-order valence-electron chi connectivity index (χ1n) is 5.03. The van der Waals surface area contributed by atoms with Crippen LogP contribution in [0.3, 0.4) is 0 Å². The van der Waals surface area contributed by atoms with E-state index in [1.54, 1.807) is 13.8 Å². The fourth-order valence-corrected chi connectivity index (χ4v) is 2.69. The molecule has 0 saturated carbocycles. The van der Waals surface area contributed by atoms with Crippen molar-refractivity contribution < 1.29 is 17.9 Å². The zero-order valence-electron chi connectivity index (χ0n) is 10.0. The normalized spacial score (nSPS) is 11.7. The maximum atomic E-state index is 11.6. The number of carbonyl (C=O) groups is 1. The Morgan fingerprint density at radius 3 is 2.28 bits per heavy atom. The number of benzene rings is 1. The summed E-state index contributed by atoms with van der Waals surface area (Å²) in [6.45, 7) is 3.44. The third-order valence-electron chi connectivity index (χ3n) is 2.03. The van der Waals surface area contributed by atoms with Gasteiger partial charge in [-0.25, -0.2) is 8.42 Å². The van der Waals surface area contributed by atoms with E-state index < -0.39 is 15.1 Å². The largest absolute Gasteiger partial charge is 0.488 e. The van der Waals surface area contributed by atoms with Crippen LogP contribution in [-0.4, -0.2) is 26.0 Å². The molecule has 0 radical (unpaired) electrons. The molecule has 1 rings (SSSR count). The zero-order chi connectivity index (χ0) is 14.1. The molecular weight excluding hydrogens is 299 g/mol. The van der Waals surface area contributed by atoms with Crippen molar-refractivity contribution in [2.24, 2.45) is 0 Å². The van der Waals surface area contributed by atoms with Crippen LogP contribution in [-0.2, 0) is 9.84 Å². The van der Waals surface area contributed by atoms with Crippen LogP contribution in [0.15, 0.2) is 17.0 Å². The topological polar surface area (TPSA) is 60.4 Å². The van der Waals surface area contributed by atoms with Gasteiger partial charge >= 0.3 is 0 Å². The smallest absolute Gasteiger partial charge is 0.254 e. The van der Waals surface area contributed by atoms with Crippen LogP contribution in [0.2, 0.25) is 5.02 Å². The molecule has 0 atom stereocenters. The molecule has 0 aliphatic rings. The molecule has 0 unspecified atom stereocenters. The van der Waals surface area contributed by atoms with Gasteiger partial charge in [-0.2, -0.15) is 0 Å². The second-order valence-electron chi connectivity index (χ2n) is 3.97. The van der Waals surface area contributed by atoms with Gasteiger partial charge in [-0.3, -0.25) is 4.79 Å². The van der Waals surface area contributed by atoms with Gasteiger partial charge in [0.2, 0.25) is 0 Å². The third kappa shape index (κ3) is 3.37. The number of halogens is 2. The van der Waals surface area contributed by atoms with Crippen molar-refractivity contribution in [3.05, 3.63) is 22.7 Å². The lowest BCUT2D eigenvalue weighted by Crippen LogP contribution is -2.11. The zero-order valence-corrected chi connectivity index (χ0v) is 12.4. The molecule has 0 N–H and O–H groups in total. The van der Waals surface area contributed by atoms with Gasteiger partial charge in [-0.15, -0.1) is 0 Å². The summed E-state index contributed by atoms with van der Waals surface area (Å²) >= 11 is 11.3. The van der Waals surface area contributed by atoms with Crippen molar-refractivity contribution in [2.75, 3.05) is 6.26 Å². The fraction of sp³-hybridized carbons (Fsp3) is 0.364. The van der Waals surface area contributed by atoms with Gasteiger partial charge in [0.1, 0.15) is 4.90 Å². The van der Waals surface area contributed by atoms with Crippen molar-refractivity contribution in [1.29, 1.82) is 0 Å². The Morgan fingerprint density at radius 1 is 1.33 bits per heavy atom. The second kappa shape index (κ2) is 5.47. The Balaban J connectivity index is 3.56. The summed E-state index contributed by atoms with van der Waals surface area (Å²) in [7, 11) is -3.51. The van der Waals surface area contributed by atoms with Gasteiger partial charge in [0.15, 0.2) is 15.6 Å². The molecule has 4 nitrogen and oxygen atoms in total. The van der Waals surface area contributed by atoms with Crippen molar-refractivity contribution in [3.8, 4) is 5.75 Å². The van der Waals surface area contributed by atoms with E-state index in [9.17, 15) is 13.2 Å². The number of hydrogen-bond acceptors (Lipinski definition) is 4. The van der Waals surface area contributed by atoms with E-state index in [2.05, 4.69) is 0 Å². The summed E-state index contributed by atoms with van der Waals surface area (Å²) in [5.41, 5.74) is 0.0152. The van der Waals surface area contributed by atoms with Crippen LogP contribution < -0.4 is 4.74 Å². The van der Waals surface area contributed by atoms with Crippen molar-refractivity contribution in [3.63, 3.8) is 0 Å². The minimum Gasteiger partial charge on any atom is -0.488 e. The summed E-state index contributed by atoms with van der Waals surface area (Å²) in [6.07, 6.45) is 0.747. The molecule has 1 aromatic carbocycles. The van der Waals surface area contributed by atoms with Crippen LogP contribution in [0.1, 0.15) is 24.2 Å². The van der Waals surface area contributed by atoms with Crippen LogP contribution >= 0.6 is 23.2 Å². The van der Waals surface area contributed by atoms with E-state index in [0.29, 0.717) is 0 Å². The quantitative estimate of drug-likeness (QED) is 0.802. The highest BCUT2D eigenvalue weighted by Gasteiger charge is 2.23. The van der Waals surface area contributed by atoms with Crippen LogP contribution in [0.4, 0.5) is 0 Å². The molecule has 7 heteroatoms. The summed E-state index contributed by atoms with van der Waals surface area (Å²) in [4.78, 5) is 11.1. The molecule has 0 aliphatic heterocycles. The van der Waals surface area contributed by atoms with E-state index in [0.717, 1.165) is 6.26 Å². The first-order chi connectivity index (χ1) is 8.14. The van der Waals surface area contributed by atoms with E-state index in [1.807, 2.05) is 0 Å². The van der Waals surface area contributed by atoms with Gasteiger partial charge in [0.05, 0.1) is 16.7 Å². The molecular formula is C11H12Cl2O4S. The van der Waals surface area contributed by atoms with Crippen LogP contribution in [0, 0.1) is 0 Å². The maximum absolute atomic E-state index is 11.6. The van der Waals surface area contributed by atoms with E-state index >= 15 is 0 Å². The molecule has 18 heavy (non-hydrogen) atoms. The molecule has 0 bridgehead atoms.